The van der Waals surface area contributed by atoms with Gasteiger partial charge in [0.05, 0.1) is 5.56 Å². The molecule has 0 radical (unpaired) electrons. The van der Waals surface area contributed by atoms with E-state index in [1.54, 1.807) is 0 Å². The van der Waals surface area contributed by atoms with Crippen molar-refractivity contribution in [1.82, 2.24) is 0 Å². The highest BCUT2D eigenvalue weighted by Gasteiger charge is 2.30. The number of carbonyl (C=O) groups excluding carboxylic acids is 1. The molecule has 1 atom stereocenters. The maximum Gasteiger partial charge on any atom is 0.416 e. The van der Waals surface area contributed by atoms with Crippen molar-refractivity contribution in [3.8, 4) is 5.75 Å². The molecule has 0 amide bonds. The van der Waals surface area contributed by atoms with Crippen LogP contribution in [0.1, 0.15) is 5.56 Å². The smallest absolute Gasteiger partial charge is 0.416 e. The summed E-state index contributed by atoms with van der Waals surface area (Å²) in [5.41, 5.74) is -0.822. The van der Waals surface area contributed by atoms with Crippen LogP contribution in [0.25, 0.3) is 0 Å². The number of halogens is 5. The van der Waals surface area contributed by atoms with Crippen molar-refractivity contribution in [2.24, 2.45) is 0 Å². The maximum atomic E-state index is 12.2. The minimum absolute atomic E-state index is 0.0150. The van der Waals surface area contributed by atoms with Gasteiger partial charge in [-0.1, -0.05) is 0 Å². The lowest BCUT2D eigenvalue weighted by atomic mass is 10.2. The zero-order valence-electron chi connectivity index (χ0n) is 8.30. The Morgan fingerprint density at radius 1 is 1.29 bits per heavy atom. The number of carbonyl (C=O) groups is 1. The Bertz CT molecular complexity index is 390. The fourth-order valence-electron chi connectivity index (χ4n) is 0.955. The first-order valence-electron chi connectivity index (χ1n) is 4.43. The lowest BCUT2D eigenvalue weighted by Gasteiger charge is -2.09. The number of ether oxygens (including phenoxy) is 1. The minimum Gasteiger partial charge on any atom is -0.425 e. The second-order valence-corrected chi connectivity index (χ2v) is 3.90. The second kappa shape index (κ2) is 5.60. The Kier molecular flexibility index (Phi) is 4.65. The zero-order chi connectivity index (χ0) is 13.1. The van der Waals surface area contributed by atoms with Crippen molar-refractivity contribution in [2.45, 2.75) is 11.6 Å². The summed E-state index contributed by atoms with van der Waals surface area (Å²) in [6.45, 7) is 0. The first-order chi connectivity index (χ1) is 7.84. The van der Waals surface area contributed by atoms with Crippen LogP contribution in [0.3, 0.4) is 0 Å². The third kappa shape index (κ3) is 4.09. The largest absolute Gasteiger partial charge is 0.425 e. The number of hydrogen-bond donors (Lipinski definition) is 0. The van der Waals surface area contributed by atoms with Gasteiger partial charge in [-0.25, -0.2) is 4.79 Å². The summed E-state index contributed by atoms with van der Waals surface area (Å²) in [5.74, 6) is -0.957. The van der Waals surface area contributed by atoms with Crippen LogP contribution >= 0.6 is 23.2 Å². The molecule has 94 valence electrons. The molecule has 0 fully saturated rings. The molecule has 0 aromatic heterocycles. The Morgan fingerprint density at radius 2 is 1.82 bits per heavy atom. The average Bonchev–Trinajstić information content (AvgIpc) is 2.27. The zero-order valence-corrected chi connectivity index (χ0v) is 9.81. The molecule has 1 aromatic rings. The number of rotatable bonds is 3. The van der Waals surface area contributed by atoms with Gasteiger partial charge in [-0.05, 0) is 24.3 Å². The van der Waals surface area contributed by atoms with E-state index >= 15 is 0 Å². The van der Waals surface area contributed by atoms with Crippen molar-refractivity contribution in [1.29, 1.82) is 0 Å². The first kappa shape index (κ1) is 14.1. The molecule has 0 saturated carbocycles. The van der Waals surface area contributed by atoms with Crippen molar-refractivity contribution in [3.05, 3.63) is 29.8 Å². The molecule has 2 nitrogen and oxygen atoms in total. The lowest BCUT2D eigenvalue weighted by Crippen LogP contribution is -2.22. The predicted octanol–water partition coefficient (Wildman–Crippen LogP) is 3.46. The number of benzene rings is 1. The molecule has 0 spiro atoms. The van der Waals surface area contributed by atoms with E-state index in [2.05, 4.69) is 0 Å². The van der Waals surface area contributed by atoms with Crippen molar-refractivity contribution in [3.63, 3.8) is 0 Å². The van der Waals surface area contributed by atoms with Crippen molar-refractivity contribution >= 4 is 29.2 Å². The summed E-state index contributed by atoms with van der Waals surface area (Å²) in [6.07, 6.45) is -4.42. The van der Waals surface area contributed by atoms with Crippen LogP contribution in [0.2, 0.25) is 0 Å². The topological polar surface area (TPSA) is 26.3 Å². The second-order valence-electron chi connectivity index (χ2n) is 3.07. The average molecular weight is 287 g/mol. The summed E-state index contributed by atoms with van der Waals surface area (Å²) in [6, 6.07) is 3.70. The summed E-state index contributed by atoms with van der Waals surface area (Å²) in [7, 11) is 0. The van der Waals surface area contributed by atoms with E-state index in [-0.39, 0.29) is 11.6 Å². The van der Waals surface area contributed by atoms with Crippen LogP contribution in [0.5, 0.6) is 5.75 Å². The van der Waals surface area contributed by atoms with Gasteiger partial charge in [-0.15, -0.1) is 23.2 Å². The minimum atomic E-state index is -4.42. The van der Waals surface area contributed by atoms with E-state index in [0.29, 0.717) is 0 Å². The van der Waals surface area contributed by atoms with Crippen LogP contribution in [0.15, 0.2) is 24.3 Å². The van der Waals surface area contributed by atoms with Gasteiger partial charge in [-0.2, -0.15) is 13.2 Å². The molecule has 0 N–H and O–H groups in total. The Hall–Kier alpha value is -0.940. The predicted molar refractivity (Wildman–Crippen MR) is 57.4 cm³/mol. The number of alkyl halides is 5. The fraction of sp³-hybridized carbons (Fsp3) is 0.300. The summed E-state index contributed by atoms with van der Waals surface area (Å²) >= 11 is 10.8. The molecule has 0 aliphatic heterocycles. The lowest BCUT2D eigenvalue weighted by molar-refractivity contribution is -0.137. The van der Waals surface area contributed by atoms with E-state index < -0.39 is 23.1 Å². The quantitative estimate of drug-likeness (QED) is 0.483. The highest BCUT2D eigenvalue weighted by molar-refractivity contribution is 6.35. The van der Waals surface area contributed by atoms with Crippen LogP contribution in [-0.4, -0.2) is 17.2 Å². The van der Waals surface area contributed by atoms with Gasteiger partial charge in [0.25, 0.3) is 0 Å². The Labute approximate surface area is 105 Å². The van der Waals surface area contributed by atoms with Crippen LogP contribution in [0, 0.1) is 0 Å². The highest BCUT2D eigenvalue weighted by atomic mass is 35.5. The molecule has 1 unspecified atom stereocenters. The molecule has 0 heterocycles. The van der Waals surface area contributed by atoms with Gasteiger partial charge in [0.2, 0.25) is 0 Å². The third-order valence-corrected chi connectivity index (χ3v) is 2.59. The van der Waals surface area contributed by atoms with Gasteiger partial charge in [0, 0.05) is 5.88 Å². The third-order valence-electron chi connectivity index (χ3n) is 1.79. The molecule has 7 heteroatoms. The molecule has 0 aliphatic carbocycles. The summed E-state index contributed by atoms with van der Waals surface area (Å²) in [5, 5.41) is -1.03. The normalized spacial score (nSPS) is 13.2. The SMILES string of the molecule is O=C(Oc1ccc(C(F)(F)F)cc1)C(Cl)CCl. The Morgan fingerprint density at radius 3 is 2.24 bits per heavy atom. The van der Waals surface area contributed by atoms with Crippen LogP contribution < -0.4 is 4.74 Å². The molecular formula is C10H7Cl2F3O2. The maximum absolute atomic E-state index is 12.2. The highest BCUT2D eigenvalue weighted by Crippen LogP contribution is 2.30. The van der Waals surface area contributed by atoms with Gasteiger partial charge in [0.1, 0.15) is 11.1 Å². The molecule has 0 aliphatic rings. The van der Waals surface area contributed by atoms with Gasteiger partial charge in [-0.3, -0.25) is 0 Å². The number of esters is 1. The van der Waals surface area contributed by atoms with E-state index in [1.807, 2.05) is 0 Å². The molecule has 1 rings (SSSR count). The first-order valence-corrected chi connectivity index (χ1v) is 5.40. The van der Waals surface area contributed by atoms with E-state index in [0.717, 1.165) is 24.3 Å². The molecule has 1 aromatic carbocycles. The van der Waals surface area contributed by atoms with Crippen molar-refractivity contribution in [2.75, 3.05) is 5.88 Å². The van der Waals surface area contributed by atoms with Crippen molar-refractivity contribution < 1.29 is 22.7 Å². The molecular weight excluding hydrogens is 280 g/mol. The fourth-order valence-corrected chi connectivity index (χ4v) is 1.13. The van der Waals surface area contributed by atoms with Crippen LogP contribution in [0.4, 0.5) is 13.2 Å². The van der Waals surface area contributed by atoms with Gasteiger partial charge < -0.3 is 4.74 Å². The molecule has 17 heavy (non-hydrogen) atoms. The monoisotopic (exact) mass is 286 g/mol. The van der Waals surface area contributed by atoms with Crippen LogP contribution in [-0.2, 0) is 11.0 Å². The number of hydrogen-bond acceptors (Lipinski definition) is 2. The van der Waals surface area contributed by atoms with E-state index in [9.17, 15) is 18.0 Å². The van der Waals surface area contributed by atoms with Gasteiger partial charge >= 0.3 is 12.1 Å². The standard InChI is InChI=1S/C10H7Cl2F3O2/c11-5-8(12)9(16)17-7-3-1-6(2-4-7)10(13,14)15/h1-4,8H,5H2. The van der Waals surface area contributed by atoms with E-state index in [1.165, 1.54) is 0 Å². The Balaban J connectivity index is 2.73. The molecule has 0 saturated heterocycles. The molecule has 0 bridgehead atoms. The summed E-state index contributed by atoms with van der Waals surface area (Å²) < 4.78 is 41.4. The van der Waals surface area contributed by atoms with E-state index in [4.69, 9.17) is 27.9 Å². The van der Waals surface area contributed by atoms with Gasteiger partial charge in [0.15, 0.2) is 0 Å². The summed E-state index contributed by atoms with van der Waals surface area (Å²) in [4.78, 5) is 11.2.